The smallest absolute Gasteiger partial charge is 0.248 e. The van der Waals surface area contributed by atoms with E-state index in [0.29, 0.717) is 12.8 Å². The second-order valence-corrected chi connectivity index (χ2v) is 20.1. The van der Waals surface area contributed by atoms with Crippen LogP contribution < -0.4 is 26.6 Å². The molecule has 15 atom stereocenters. The van der Waals surface area contributed by atoms with Crippen LogP contribution in [-0.4, -0.2) is 189 Å². The number of rotatable bonds is 20. The lowest BCUT2D eigenvalue weighted by molar-refractivity contribution is -0.148. The Balaban J connectivity index is 1.62. The minimum Gasteiger partial charge on any atom is -0.508 e. The number of unbranched alkanes of at least 4 members (excludes halogenated alkanes) is 8. The number of fused-ring (bicyclic) bond motifs is 2. The molecule has 75 heavy (non-hydrogen) atoms. The molecule has 0 bridgehead atoms. The van der Waals surface area contributed by atoms with Crippen molar-refractivity contribution in [1.82, 2.24) is 36.4 Å². The number of nitrogens with one attached hydrogen (secondary N) is 5. The molecule has 3 aliphatic heterocycles. The van der Waals surface area contributed by atoms with Gasteiger partial charge in [0, 0.05) is 38.3 Å². The monoisotopic (exact) mass is 1060 g/mol. The van der Waals surface area contributed by atoms with Crippen LogP contribution in [0.1, 0.15) is 129 Å². The summed E-state index contributed by atoms with van der Waals surface area (Å²) in [7, 11) is 0. The molecular formula is C52H81N7O16. The van der Waals surface area contributed by atoms with Gasteiger partial charge >= 0.3 is 0 Å². The first-order valence-electron chi connectivity index (χ1n) is 26.2. The third-order valence-corrected chi connectivity index (χ3v) is 13.9. The van der Waals surface area contributed by atoms with Crippen LogP contribution in [0.5, 0.6) is 5.75 Å². The molecule has 4 rings (SSSR count). The summed E-state index contributed by atoms with van der Waals surface area (Å²) in [6.45, 7) is 4.97. The number of nitrogens with zero attached hydrogens (tertiary/aromatic N) is 2. The van der Waals surface area contributed by atoms with Gasteiger partial charge in [-0.2, -0.15) is 0 Å². The van der Waals surface area contributed by atoms with Crippen molar-refractivity contribution in [2.24, 2.45) is 5.92 Å². The SMILES string of the molecule is CCCCC/C=C\C/C=C\CCCCCCCC(=O)NC1C[C@@H](O)[C@@H](O)NC(=O)C2[C@@H](O)[C@@H](C)CN2C(=O)[C@H]([C@@H](C)O)NC(=O)[C@H]([C@H](O)[C@@H](O)c2ccc(O)cc2)NC(=O)[C@@H]2C[C@@H](O)CN2C(=O)[C@H]([C@@H](C)O)NC1=O. The average Bonchev–Trinajstić information content (AvgIpc) is 3.91. The number of carbonyl (C=O) groups excluding carboxylic acids is 7. The summed E-state index contributed by atoms with van der Waals surface area (Å²) in [4.78, 5) is 100. The molecule has 14 N–H and O–H groups in total. The number of hydrogen-bond acceptors (Lipinski definition) is 16. The largest absolute Gasteiger partial charge is 0.508 e. The summed E-state index contributed by atoms with van der Waals surface area (Å²) in [5.41, 5.74) is -0.0614. The maximum Gasteiger partial charge on any atom is 0.248 e. The number of amides is 7. The number of aliphatic hydroxyl groups excluding tert-OH is 8. The number of phenols is 1. The Kier molecular flexibility index (Phi) is 25.0. The lowest BCUT2D eigenvalue weighted by Crippen LogP contribution is -2.64. The van der Waals surface area contributed by atoms with Crippen LogP contribution in [0.15, 0.2) is 48.6 Å². The first-order valence-corrected chi connectivity index (χ1v) is 26.2. The van der Waals surface area contributed by atoms with E-state index in [0.717, 1.165) is 74.3 Å². The van der Waals surface area contributed by atoms with Gasteiger partial charge in [0.2, 0.25) is 41.4 Å². The second-order valence-electron chi connectivity index (χ2n) is 20.1. The van der Waals surface area contributed by atoms with Crippen LogP contribution in [0.25, 0.3) is 0 Å². The molecule has 0 radical (unpaired) electrons. The lowest BCUT2D eigenvalue weighted by atomic mass is 9.96. The Morgan fingerprint density at radius 3 is 1.85 bits per heavy atom. The molecule has 3 fully saturated rings. The number of benzene rings is 1. The number of hydrogen-bond donors (Lipinski definition) is 14. The minimum absolute atomic E-state index is 0.0614. The molecule has 23 nitrogen and oxygen atoms in total. The number of aromatic hydroxyl groups is 1. The summed E-state index contributed by atoms with van der Waals surface area (Å²) >= 11 is 0. The van der Waals surface area contributed by atoms with Crippen LogP contribution in [-0.2, 0) is 33.6 Å². The molecule has 3 saturated heterocycles. The second kappa shape index (κ2) is 30.3. The topological polar surface area (TPSA) is 368 Å². The molecule has 3 heterocycles. The first-order chi connectivity index (χ1) is 35.6. The fourth-order valence-corrected chi connectivity index (χ4v) is 9.39. The summed E-state index contributed by atoms with van der Waals surface area (Å²) in [5.74, 6) is -8.97. The molecule has 0 spiro atoms. The highest BCUT2D eigenvalue weighted by molar-refractivity contribution is 5.98. The van der Waals surface area contributed by atoms with E-state index in [1.165, 1.54) is 38.3 Å². The normalized spacial score (nSPS) is 29.4. The summed E-state index contributed by atoms with van der Waals surface area (Å²) in [6.07, 6.45) is 2.50. The Morgan fingerprint density at radius 1 is 0.680 bits per heavy atom. The van der Waals surface area contributed by atoms with Crippen molar-refractivity contribution in [3.05, 3.63) is 54.1 Å². The number of carbonyl (C=O) groups is 7. The van der Waals surface area contributed by atoms with Gasteiger partial charge in [0.05, 0.1) is 24.4 Å². The predicted molar refractivity (Wildman–Crippen MR) is 271 cm³/mol. The number of allylic oxidation sites excluding steroid dienone is 4. The van der Waals surface area contributed by atoms with Gasteiger partial charge in [-0.15, -0.1) is 0 Å². The molecule has 420 valence electrons. The van der Waals surface area contributed by atoms with Gasteiger partial charge in [0.25, 0.3) is 0 Å². The van der Waals surface area contributed by atoms with Crippen molar-refractivity contribution in [2.75, 3.05) is 13.1 Å². The highest BCUT2D eigenvalue weighted by atomic mass is 16.3. The molecule has 23 heteroatoms. The Bertz CT molecular complexity index is 2110. The average molecular weight is 1060 g/mol. The first kappa shape index (κ1) is 62.0. The van der Waals surface area contributed by atoms with Crippen molar-refractivity contribution in [3.8, 4) is 5.75 Å². The van der Waals surface area contributed by atoms with E-state index < -0.39 is 152 Å². The van der Waals surface area contributed by atoms with E-state index in [-0.39, 0.29) is 24.3 Å². The zero-order chi connectivity index (χ0) is 55.5. The van der Waals surface area contributed by atoms with E-state index in [1.54, 1.807) is 0 Å². The standard InChI is InChI=1S/C52H81N7O16/c1-5-6-7-8-9-10-11-12-13-14-15-16-17-18-19-20-38(65)53-35-26-37(64)48(71)57-50(73)42-43(66)29(2)27-59(42)52(75)40(31(4)61)55-49(72)41(45(68)44(67)32-21-23-33(62)24-22-32)56-47(70)36-25-34(63)28-58(36)51(74)39(30(3)60)54-46(35)69/h9-10,12-13,21-24,29-31,34-37,39-45,48,60-64,66-68,71H,5-8,11,14-20,25-28H2,1-4H3,(H,53,65)(H,54,69)(H,55,72)(H,56,70)(H,57,73)/b10-9-,13-12-/t29-,30+,31+,34+,35?,36-,37+,39-,40-,41-,42?,43-,44-,45-,48+/m0/s1. The highest BCUT2D eigenvalue weighted by Gasteiger charge is 2.50. The van der Waals surface area contributed by atoms with E-state index >= 15 is 0 Å². The van der Waals surface area contributed by atoms with E-state index in [2.05, 4.69) is 57.8 Å². The highest BCUT2D eigenvalue weighted by Crippen LogP contribution is 2.28. The molecule has 0 aromatic heterocycles. The third kappa shape index (κ3) is 18.0. The third-order valence-electron chi connectivity index (χ3n) is 13.9. The molecule has 2 unspecified atom stereocenters. The summed E-state index contributed by atoms with van der Waals surface area (Å²) in [5, 5.41) is 110. The van der Waals surface area contributed by atoms with Crippen molar-refractivity contribution in [1.29, 1.82) is 0 Å². The molecule has 3 aliphatic rings. The van der Waals surface area contributed by atoms with Gasteiger partial charge in [-0.1, -0.05) is 82.4 Å². The molecule has 0 saturated carbocycles. The van der Waals surface area contributed by atoms with E-state index in [9.17, 15) is 79.5 Å². The molecule has 7 amide bonds. The fourth-order valence-electron chi connectivity index (χ4n) is 9.39. The predicted octanol–water partition coefficient (Wildman–Crippen LogP) is -1.33. The van der Waals surface area contributed by atoms with Crippen molar-refractivity contribution in [2.45, 2.75) is 203 Å². The van der Waals surface area contributed by atoms with E-state index in [1.807, 2.05) is 0 Å². The maximum atomic E-state index is 14.3. The molecule has 1 aromatic rings. The van der Waals surface area contributed by atoms with Gasteiger partial charge in [-0.25, -0.2) is 0 Å². The summed E-state index contributed by atoms with van der Waals surface area (Å²) in [6, 6.07) is -6.61. The van der Waals surface area contributed by atoms with Gasteiger partial charge in [0.1, 0.15) is 60.3 Å². The lowest BCUT2D eigenvalue weighted by Gasteiger charge is -2.34. The quantitative estimate of drug-likeness (QED) is 0.0531. The van der Waals surface area contributed by atoms with Gasteiger partial charge in [0.15, 0.2) is 6.23 Å². The van der Waals surface area contributed by atoms with Crippen LogP contribution in [0.3, 0.4) is 0 Å². The van der Waals surface area contributed by atoms with Crippen molar-refractivity contribution in [3.63, 3.8) is 0 Å². The van der Waals surface area contributed by atoms with Crippen molar-refractivity contribution >= 4 is 41.4 Å². The summed E-state index contributed by atoms with van der Waals surface area (Å²) < 4.78 is 0. The molecular weight excluding hydrogens is 979 g/mol. The van der Waals surface area contributed by atoms with Crippen LogP contribution in [0.4, 0.5) is 0 Å². The number of phenolic OH excluding ortho intramolecular Hbond substituents is 1. The zero-order valence-corrected chi connectivity index (χ0v) is 43.4. The van der Waals surface area contributed by atoms with Crippen LogP contribution in [0.2, 0.25) is 0 Å². The van der Waals surface area contributed by atoms with Crippen LogP contribution in [0, 0.1) is 5.92 Å². The maximum absolute atomic E-state index is 14.3. The van der Waals surface area contributed by atoms with Gasteiger partial charge in [-0.3, -0.25) is 33.6 Å². The van der Waals surface area contributed by atoms with E-state index in [4.69, 9.17) is 0 Å². The minimum atomic E-state index is -2.27. The Hall–Kier alpha value is -5.53. The molecule has 0 aliphatic carbocycles. The van der Waals surface area contributed by atoms with Gasteiger partial charge < -0.3 is 82.3 Å². The fraction of sp³-hybridized carbons (Fsp3) is 0.673. The Morgan fingerprint density at radius 2 is 1.24 bits per heavy atom. The van der Waals surface area contributed by atoms with Gasteiger partial charge in [-0.05, 0) is 70.1 Å². The molecule has 1 aromatic carbocycles. The number of aliphatic hydroxyl groups is 8. The zero-order valence-electron chi connectivity index (χ0n) is 43.4. The van der Waals surface area contributed by atoms with Crippen LogP contribution >= 0.6 is 0 Å². The van der Waals surface area contributed by atoms with Crippen molar-refractivity contribution < 1.29 is 79.5 Å². The Labute approximate surface area is 437 Å².